The fraction of sp³-hybridized carbons (Fsp3) is 0.562. The number of ether oxygens (including phenoxy) is 1. The molecule has 0 bridgehead atoms. The molecule has 0 unspecified atom stereocenters. The Hall–Kier alpha value is -1.26. The zero-order valence-electron chi connectivity index (χ0n) is 12.5. The quantitative estimate of drug-likeness (QED) is 0.930. The van der Waals surface area contributed by atoms with Crippen molar-refractivity contribution < 1.29 is 14.6 Å². The number of rotatable bonds is 4. The molecule has 0 heterocycles. The molecular formula is C16H22ClNO3. The third-order valence-electron chi connectivity index (χ3n) is 4.03. The van der Waals surface area contributed by atoms with Crippen molar-refractivity contribution in [3.8, 4) is 5.75 Å². The zero-order chi connectivity index (χ0) is 15.4. The smallest absolute Gasteiger partial charge is 0.263 e. The van der Waals surface area contributed by atoms with Crippen molar-refractivity contribution in [2.45, 2.75) is 50.9 Å². The molecule has 0 aromatic heterocycles. The zero-order valence-corrected chi connectivity index (χ0v) is 13.2. The number of para-hydroxylation sites is 1. The van der Waals surface area contributed by atoms with E-state index in [-0.39, 0.29) is 11.9 Å². The normalized spacial score (nSPS) is 23.4. The molecule has 1 fully saturated rings. The summed E-state index contributed by atoms with van der Waals surface area (Å²) in [4.78, 5) is 14.1. The number of halogens is 1. The highest BCUT2D eigenvalue weighted by Gasteiger charge is 2.32. The Morgan fingerprint density at radius 3 is 2.71 bits per heavy atom. The predicted octanol–water partition coefficient (Wildman–Crippen LogP) is 2.87. The van der Waals surface area contributed by atoms with Gasteiger partial charge in [0.25, 0.3) is 5.91 Å². The molecule has 1 aromatic rings. The molecule has 1 aliphatic carbocycles. The number of likely N-dealkylation sites (N-methyl/N-ethyl adjacent to an activating group) is 1. The number of aliphatic hydroxyl groups excluding tert-OH is 1. The summed E-state index contributed by atoms with van der Waals surface area (Å²) in [5, 5.41) is 10.5. The maximum atomic E-state index is 12.5. The third-order valence-corrected chi connectivity index (χ3v) is 4.34. The van der Waals surface area contributed by atoms with Gasteiger partial charge in [-0.2, -0.15) is 0 Å². The summed E-state index contributed by atoms with van der Waals surface area (Å²) in [6.07, 6.45) is 2.57. The number of carbonyl (C=O) groups excluding carboxylic acids is 1. The fourth-order valence-electron chi connectivity index (χ4n) is 2.77. The van der Waals surface area contributed by atoms with Crippen LogP contribution in [0.25, 0.3) is 0 Å². The van der Waals surface area contributed by atoms with E-state index in [1.807, 2.05) is 12.1 Å². The van der Waals surface area contributed by atoms with Crippen LogP contribution in [0.4, 0.5) is 0 Å². The Labute approximate surface area is 130 Å². The second-order valence-electron chi connectivity index (χ2n) is 5.56. The number of carbonyl (C=O) groups is 1. The number of benzene rings is 1. The van der Waals surface area contributed by atoms with Crippen LogP contribution in [0, 0.1) is 0 Å². The van der Waals surface area contributed by atoms with Crippen molar-refractivity contribution in [1.29, 1.82) is 0 Å². The molecule has 21 heavy (non-hydrogen) atoms. The van der Waals surface area contributed by atoms with Gasteiger partial charge in [0.1, 0.15) is 5.75 Å². The molecule has 0 spiro atoms. The lowest BCUT2D eigenvalue weighted by Crippen LogP contribution is -2.50. The van der Waals surface area contributed by atoms with Gasteiger partial charge in [0.2, 0.25) is 0 Å². The third kappa shape index (κ3) is 3.89. The van der Waals surface area contributed by atoms with E-state index in [1.54, 1.807) is 31.0 Å². The van der Waals surface area contributed by atoms with Gasteiger partial charge in [0, 0.05) is 7.05 Å². The molecule has 1 N–H and O–H groups in total. The number of hydrogen-bond donors (Lipinski definition) is 1. The summed E-state index contributed by atoms with van der Waals surface area (Å²) in [5.41, 5.74) is 0. The summed E-state index contributed by atoms with van der Waals surface area (Å²) < 4.78 is 5.65. The average Bonchev–Trinajstić information content (AvgIpc) is 2.48. The first-order chi connectivity index (χ1) is 10.0. The van der Waals surface area contributed by atoms with Gasteiger partial charge in [-0.1, -0.05) is 36.6 Å². The molecule has 116 valence electrons. The molecule has 0 saturated heterocycles. The minimum absolute atomic E-state index is 0.122. The van der Waals surface area contributed by atoms with Crippen molar-refractivity contribution in [2.24, 2.45) is 0 Å². The standard InChI is InChI=1S/C16H22ClNO3/c1-11(21-15-10-6-3-7-12(15)17)16(20)18(2)13-8-4-5-9-14(13)19/h3,6-7,10-11,13-14,19H,4-5,8-9H2,1-2H3/t11-,13-,14-/m0/s1. The van der Waals surface area contributed by atoms with Gasteiger partial charge < -0.3 is 14.7 Å². The van der Waals surface area contributed by atoms with Gasteiger partial charge in [0.15, 0.2) is 6.10 Å². The largest absolute Gasteiger partial charge is 0.479 e. The Morgan fingerprint density at radius 2 is 2.05 bits per heavy atom. The van der Waals surface area contributed by atoms with Crippen molar-refractivity contribution in [2.75, 3.05) is 7.05 Å². The Kier molecular flexibility index (Phi) is 5.48. The van der Waals surface area contributed by atoms with Gasteiger partial charge in [-0.15, -0.1) is 0 Å². The van der Waals surface area contributed by atoms with E-state index in [4.69, 9.17) is 16.3 Å². The van der Waals surface area contributed by atoms with E-state index >= 15 is 0 Å². The predicted molar refractivity (Wildman–Crippen MR) is 82.6 cm³/mol. The van der Waals surface area contributed by atoms with Gasteiger partial charge in [0.05, 0.1) is 17.2 Å². The summed E-state index contributed by atoms with van der Waals surface area (Å²) >= 11 is 6.03. The van der Waals surface area contributed by atoms with Gasteiger partial charge in [-0.25, -0.2) is 0 Å². The second-order valence-corrected chi connectivity index (χ2v) is 5.97. The van der Waals surface area contributed by atoms with E-state index < -0.39 is 12.2 Å². The van der Waals surface area contributed by atoms with Crippen LogP contribution < -0.4 is 4.74 Å². The molecule has 0 aliphatic heterocycles. The van der Waals surface area contributed by atoms with E-state index in [0.717, 1.165) is 25.7 Å². The van der Waals surface area contributed by atoms with E-state index in [2.05, 4.69) is 0 Å². The first-order valence-electron chi connectivity index (χ1n) is 7.36. The van der Waals surface area contributed by atoms with Crippen LogP contribution in [0.15, 0.2) is 24.3 Å². The molecule has 1 aliphatic rings. The van der Waals surface area contributed by atoms with Crippen LogP contribution >= 0.6 is 11.6 Å². The van der Waals surface area contributed by atoms with Crippen LogP contribution in [0.2, 0.25) is 5.02 Å². The number of nitrogens with zero attached hydrogens (tertiary/aromatic N) is 1. The van der Waals surface area contributed by atoms with Crippen LogP contribution in [0.5, 0.6) is 5.75 Å². The Balaban J connectivity index is 2.00. The summed E-state index contributed by atoms with van der Waals surface area (Å²) in [6.45, 7) is 1.71. The monoisotopic (exact) mass is 311 g/mol. The van der Waals surface area contributed by atoms with Crippen LogP contribution in [0.1, 0.15) is 32.6 Å². The van der Waals surface area contributed by atoms with Crippen molar-refractivity contribution >= 4 is 17.5 Å². The van der Waals surface area contributed by atoms with Crippen molar-refractivity contribution in [3.05, 3.63) is 29.3 Å². The summed E-state index contributed by atoms with van der Waals surface area (Å²) in [6, 6.07) is 6.97. The molecule has 3 atom stereocenters. The highest BCUT2D eigenvalue weighted by Crippen LogP contribution is 2.26. The second kappa shape index (κ2) is 7.14. The van der Waals surface area contributed by atoms with Crippen LogP contribution in [0.3, 0.4) is 0 Å². The summed E-state index contributed by atoms with van der Waals surface area (Å²) in [5.74, 6) is 0.360. The van der Waals surface area contributed by atoms with E-state index in [9.17, 15) is 9.90 Å². The maximum Gasteiger partial charge on any atom is 0.263 e. The maximum absolute atomic E-state index is 12.5. The van der Waals surface area contributed by atoms with Crippen molar-refractivity contribution in [1.82, 2.24) is 4.90 Å². The van der Waals surface area contributed by atoms with E-state index in [0.29, 0.717) is 10.8 Å². The molecule has 1 saturated carbocycles. The first kappa shape index (κ1) is 16.1. The SMILES string of the molecule is C[C@H](Oc1ccccc1Cl)C(=O)N(C)[C@H]1CCCC[C@@H]1O. The lowest BCUT2D eigenvalue weighted by atomic mass is 9.91. The molecule has 1 aromatic carbocycles. The molecular weight excluding hydrogens is 290 g/mol. The molecule has 0 radical (unpaired) electrons. The molecule has 4 nitrogen and oxygen atoms in total. The molecule has 2 rings (SSSR count). The number of aliphatic hydroxyl groups is 1. The van der Waals surface area contributed by atoms with Crippen LogP contribution in [-0.2, 0) is 4.79 Å². The van der Waals surface area contributed by atoms with Gasteiger partial charge in [-0.05, 0) is 31.9 Å². The van der Waals surface area contributed by atoms with Gasteiger partial charge in [-0.3, -0.25) is 4.79 Å². The number of hydrogen-bond acceptors (Lipinski definition) is 3. The Bertz CT molecular complexity index is 494. The minimum Gasteiger partial charge on any atom is -0.479 e. The highest BCUT2D eigenvalue weighted by atomic mass is 35.5. The Morgan fingerprint density at radius 1 is 1.38 bits per heavy atom. The topological polar surface area (TPSA) is 49.8 Å². The van der Waals surface area contributed by atoms with Gasteiger partial charge >= 0.3 is 0 Å². The molecule has 5 heteroatoms. The van der Waals surface area contributed by atoms with Crippen LogP contribution in [-0.4, -0.2) is 41.2 Å². The minimum atomic E-state index is -0.635. The lowest BCUT2D eigenvalue weighted by Gasteiger charge is -2.36. The van der Waals surface area contributed by atoms with Crippen molar-refractivity contribution in [3.63, 3.8) is 0 Å². The first-order valence-corrected chi connectivity index (χ1v) is 7.74. The molecule has 1 amide bonds. The highest BCUT2D eigenvalue weighted by molar-refractivity contribution is 6.32. The van der Waals surface area contributed by atoms with E-state index in [1.165, 1.54) is 0 Å². The average molecular weight is 312 g/mol. The number of amides is 1. The summed E-state index contributed by atoms with van der Waals surface area (Å²) in [7, 11) is 1.73. The fourth-order valence-corrected chi connectivity index (χ4v) is 2.96. The lowest BCUT2D eigenvalue weighted by molar-refractivity contribution is -0.142.